The van der Waals surface area contributed by atoms with Crippen LogP contribution >= 0.6 is 0 Å². The lowest BCUT2D eigenvalue weighted by Gasteiger charge is -2.33. The van der Waals surface area contributed by atoms with Gasteiger partial charge in [-0.2, -0.15) is 4.31 Å². The highest BCUT2D eigenvalue weighted by Gasteiger charge is 2.32. The second-order valence-electron chi connectivity index (χ2n) is 8.27. The van der Waals surface area contributed by atoms with Crippen LogP contribution in [0.4, 0.5) is 0 Å². The molecule has 0 radical (unpaired) electrons. The number of sulfonamides is 1. The molecule has 2 aliphatic rings. The Kier molecular flexibility index (Phi) is 5.35. The molecular weight excluding hydrogens is 426 g/mol. The fourth-order valence-electron chi connectivity index (χ4n) is 4.44. The van der Waals surface area contributed by atoms with Crippen molar-refractivity contribution >= 4 is 15.9 Å². The van der Waals surface area contributed by atoms with Crippen LogP contribution < -0.4 is 0 Å². The molecule has 1 aliphatic heterocycles. The number of oxazole rings is 1. The SMILES string of the molecule is Cc1oc(-c2ccccc2)nc1C(=O)N1CCN(S(=O)(=O)c2ccc3c(c2)CCC3)CC1. The van der Waals surface area contributed by atoms with Gasteiger partial charge < -0.3 is 9.32 Å². The quantitative estimate of drug-likeness (QED) is 0.608. The molecule has 1 saturated heterocycles. The molecule has 0 saturated carbocycles. The molecule has 2 heterocycles. The van der Waals surface area contributed by atoms with Crippen molar-refractivity contribution in [2.24, 2.45) is 0 Å². The Hall–Kier alpha value is -2.97. The second kappa shape index (κ2) is 8.18. The maximum atomic E-state index is 13.1. The Balaban J connectivity index is 1.29. The zero-order valence-corrected chi connectivity index (χ0v) is 18.8. The van der Waals surface area contributed by atoms with E-state index in [1.54, 1.807) is 17.9 Å². The molecule has 5 rings (SSSR count). The summed E-state index contributed by atoms with van der Waals surface area (Å²) >= 11 is 0. The third-order valence-electron chi connectivity index (χ3n) is 6.25. The van der Waals surface area contributed by atoms with E-state index in [0.29, 0.717) is 29.6 Å². The van der Waals surface area contributed by atoms with E-state index in [1.807, 2.05) is 42.5 Å². The summed E-state index contributed by atoms with van der Waals surface area (Å²) in [5.74, 6) is 0.634. The van der Waals surface area contributed by atoms with E-state index in [-0.39, 0.29) is 24.7 Å². The van der Waals surface area contributed by atoms with Gasteiger partial charge in [0.05, 0.1) is 4.90 Å². The van der Waals surface area contributed by atoms with Crippen LogP contribution in [-0.4, -0.2) is 54.7 Å². The van der Waals surface area contributed by atoms with E-state index >= 15 is 0 Å². The van der Waals surface area contributed by atoms with E-state index in [4.69, 9.17) is 4.42 Å². The van der Waals surface area contributed by atoms with E-state index in [9.17, 15) is 13.2 Å². The normalized spacial score (nSPS) is 16.8. The predicted octanol–water partition coefficient (Wildman–Crippen LogP) is 3.29. The van der Waals surface area contributed by atoms with Crippen LogP contribution in [0.2, 0.25) is 0 Å². The first-order valence-corrected chi connectivity index (χ1v) is 12.3. The highest BCUT2D eigenvalue weighted by atomic mass is 32.2. The minimum atomic E-state index is -3.58. The highest BCUT2D eigenvalue weighted by molar-refractivity contribution is 7.89. The van der Waals surface area contributed by atoms with E-state index < -0.39 is 10.0 Å². The number of nitrogens with zero attached hydrogens (tertiary/aromatic N) is 3. The van der Waals surface area contributed by atoms with Crippen molar-refractivity contribution in [3.8, 4) is 11.5 Å². The van der Waals surface area contributed by atoms with Crippen molar-refractivity contribution in [1.29, 1.82) is 0 Å². The van der Waals surface area contributed by atoms with Crippen LogP contribution in [0, 0.1) is 6.92 Å². The van der Waals surface area contributed by atoms with E-state index in [2.05, 4.69) is 4.98 Å². The molecule has 0 spiro atoms. The summed E-state index contributed by atoms with van der Waals surface area (Å²) in [4.78, 5) is 19.5. The molecular formula is C24H25N3O4S. The number of aryl methyl sites for hydroxylation is 3. The van der Waals surface area contributed by atoms with Crippen LogP contribution in [0.3, 0.4) is 0 Å². The molecule has 0 N–H and O–H groups in total. The van der Waals surface area contributed by atoms with Crippen molar-refractivity contribution in [3.05, 3.63) is 71.1 Å². The predicted molar refractivity (Wildman–Crippen MR) is 120 cm³/mol. The Morgan fingerprint density at radius 2 is 1.69 bits per heavy atom. The number of aromatic nitrogens is 1. The van der Waals surface area contributed by atoms with Crippen LogP contribution in [0.25, 0.3) is 11.5 Å². The minimum absolute atomic E-state index is 0.233. The van der Waals surface area contributed by atoms with Crippen molar-refractivity contribution < 1.29 is 17.6 Å². The van der Waals surface area contributed by atoms with E-state index in [0.717, 1.165) is 30.4 Å². The number of piperazine rings is 1. The monoisotopic (exact) mass is 451 g/mol. The lowest BCUT2D eigenvalue weighted by molar-refractivity contribution is 0.0691. The molecule has 8 heteroatoms. The van der Waals surface area contributed by atoms with Crippen LogP contribution in [0.5, 0.6) is 0 Å². The maximum absolute atomic E-state index is 13.1. The number of hydrogen-bond acceptors (Lipinski definition) is 5. The summed E-state index contributed by atoms with van der Waals surface area (Å²) in [7, 11) is -3.58. The Morgan fingerprint density at radius 3 is 2.44 bits per heavy atom. The molecule has 0 atom stereocenters. The number of carbonyl (C=O) groups is 1. The summed E-state index contributed by atoms with van der Waals surface area (Å²) in [6.07, 6.45) is 3.03. The topological polar surface area (TPSA) is 83.7 Å². The molecule has 1 amide bonds. The molecule has 2 aromatic carbocycles. The fourth-order valence-corrected chi connectivity index (χ4v) is 5.91. The van der Waals surface area contributed by atoms with Gasteiger partial charge in [0.2, 0.25) is 15.9 Å². The van der Waals surface area contributed by atoms with Gasteiger partial charge in [-0.1, -0.05) is 24.3 Å². The lowest BCUT2D eigenvalue weighted by Crippen LogP contribution is -2.50. The summed E-state index contributed by atoms with van der Waals surface area (Å²) < 4.78 is 33.5. The third-order valence-corrected chi connectivity index (χ3v) is 8.15. The zero-order valence-electron chi connectivity index (χ0n) is 18.0. The largest absolute Gasteiger partial charge is 0.441 e. The number of hydrogen-bond donors (Lipinski definition) is 0. The van der Waals surface area contributed by atoms with Crippen molar-refractivity contribution in [3.63, 3.8) is 0 Å². The maximum Gasteiger partial charge on any atom is 0.276 e. The number of amides is 1. The van der Waals surface area contributed by atoms with Crippen LogP contribution in [0.1, 0.15) is 33.8 Å². The van der Waals surface area contributed by atoms with Crippen molar-refractivity contribution in [1.82, 2.24) is 14.2 Å². The molecule has 166 valence electrons. The summed E-state index contributed by atoms with van der Waals surface area (Å²) in [6, 6.07) is 14.9. The number of benzene rings is 2. The molecule has 1 fully saturated rings. The van der Waals surface area contributed by atoms with Gasteiger partial charge in [-0.15, -0.1) is 0 Å². The third kappa shape index (κ3) is 3.73. The molecule has 3 aromatic rings. The molecule has 1 aliphatic carbocycles. The number of fused-ring (bicyclic) bond motifs is 1. The zero-order chi connectivity index (χ0) is 22.3. The smallest absolute Gasteiger partial charge is 0.276 e. The van der Waals surface area contributed by atoms with E-state index in [1.165, 1.54) is 9.87 Å². The van der Waals surface area contributed by atoms with Crippen LogP contribution in [0.15, 0.2) is 57.8 Å². The van der Waals surface area contributed by atoms with Crippen molar-refractivity contribution in [2.45, 2.75) is 31.1 Å². The summed E-state index contributed by atoms with van der Waals surface area (Å²) in [5, 5.41) is 0. The number of rotatable bonds is 4. The van der Waals surface area contributed by atoms with Gasteiger partial charge in [-0.05, 0) is 61.6 Å². The molecule has 1 aromatic heterocycles. The Morgan fingerprint density at radius 1 is 0.969 bits per heavy atom. The lowest BCUT2D eigenvalue weighted by atomic mass is 10.1. The Labute approximate surface area is 187 Å². The van der Waals surface area contributed by atoms with Gasteiger partial charge in [0, 0.05) is 31.7 Å². The summed E-state index contributed by atoms with van der Waals surface area (Å²) in [5.41, 5.74) is 3.46. The van der Waals surface area contributed by atoms with Gasteiger partial charge in [0.1, 0.15) is 5.76 Å². The summed E-state index contributed by atoms with van der Waals surface area (Å²) in [6.45, 7) is 2.87. The average Bonchev–Trinajstić information content (AvgIpc) is 3.45. The molecule has 32 heavy (non-hydrogen) atoms. The number of carbonyl (C=O) groups excluding carboxylic acids is 1. The standard InChI is InChI=1S/C24H25N3O4S/c1-17-22(25-23(31-17)19-6-3-2-4-7-19)24(28)26-12-14-27(15-13-26)32(29,30)21-11-10-18-8-5-9-20(18)16-21/h2-4,6-7,10-11,16H,5,8-9,12-15H2,1H3. The fraction of sp³-hybridized carbons (Fsp3) is 0.333. The first-order valence-electron chi connectivity index (χ1n) is 10.9. The van der Waals surface area contributed by atoms with Gasteiger partial charge in [0.25, 0.3) is 5.91 Å². The van der Waals surface area contributed by atoms with Gasteiger partial charge in [0.15, 0.2) is 5.69 Å². The molecule has 0 unspecified atom stereocenters. The van der Waals surface area contributed by atoms with Gasteiger partial charge >= 0.3 is 0 Å². The van der Waals surface area contributed by atoms with Crippen LogP contribution in [-0.2, 0) is 22.9 Å². The average molecular weight is 452 g/mol. The molecule has 0 bridgehead atoms. The molecule has 7 nitrogen and oxygen atoms in total. The Bertz CT molecular complexity index is 1260. The first-order chi connectivity index (χ1) is 15.4. The van der Waals surface area contributed by atoms with Crippen molar-refractivity contribution in [2.75, 3.05) is 26.2 Å². The second-order valence-corrected chi connectivity index (χ2v) is 10.2. The minimum Gasteiger partial charge on any atom is -0.441 e. The van der Waals surface area contributed by atoms with Gasteiger partial charge in [-0.25, -0.2) is 13.4 Å². The highest BCUT2D eigenvalue weighted by Crippen LogP contribution is 2.27. The first kappa shape index (κ1) is 20.9. The van der Waals surface area contributed by atoms with Gasteiger partial charge in [-0.3, -0.25) is 4.79 Å².